The fourth-order valence-electron chi connectivity index (χ4n) is 2.74. The number of aromatic nitrogens is 2. The molecule has 0 aliphatic carbocycles. The molecule has 8 heteroatoms. The van der Waals surface area contributed by atoms with Crippen molar-refractivity contribution >= 4 is 22.4 Å². The van der Waals surface area contributed by atoms with E-state index in [1.165, 1.54) is 24.3 Å². The number of anilines is 1. The number of carbonyl (C=O) groups is 1. The lowest BCUT2D eigenvalue weighted by Crippen LogP contribution is -2.27. The summed E-state index contributed by atoms with van der Waals surface area (Å²) in [5, 5.41) is 3.31. The number of nitrogens with one attached hydrogen (secondary N) is 1. The zero-order chi connectivity index (χ0) is 17.1. The Morgan fingerprint density at radius 1 is 1.46 bits per heavy atom. The van der Waals surface area contributed by atoms with Gasteiger partial charge in [0.15, 0.2) is 5.13 Å². The molecule has 2 aromatic rings. The Morgan fingerprint density at radius 2 is 2.29 bits per heavy atom. The summed E-state index contributed by atoms with van der Waals surface area (Å²) < 4.78 is 18.7. The highest BCUT2D eigenvalue weighted by atomic mass is 32.1. The van der Waals surface area contributed by atoms with Crippen LogP contribution in [0.2, 0.25) is 0 Å². The quantitative estimate of drug-likeness (QED) is 0.898. The van der Waals surface area contributed by atoms with E-state index in [2.05, 4.69) is 27.1 Å². The van der Waals surface area contributed by atoms with E-state index >= 15 is 0 Å². The van der Waals surface area contributed by atoms with Gasteiger partial charge in [-0.05, 0) is 13.0 Å². The highest BCUT2D eigenvalue weighted by Gasteiger charge is 2.31. The van der Waals surface area contributed by atoms with Gasteiger partial charge in [0.25, 0.3) is 0 Å². The van der Waals surface area contributed by atoms with Crippen molar-refractivity contribution in [2.45, 2.75) is 39.0 Å². The van der Waals surface area contributed by atoms with Crippen LogP contribution in [0.3, 0.4) is 0 Å². The first-order chi connectivity index (χ1) is 11.5. The Labute approximate surface area is 143 Å². The smallest absolute Gasteiger partial charge is 0.223 e. The van der Waals surface area contributed by atoms with E-state index in [0.717, 1.165) is 30.6 Å². The summed E-state index contributed by atoms with van der Waals surface area (Å²) in [4.78, 5) is 22.6. The lowest BCUT2D eigenvalue weighted by molar-refractivity contribution is -0.114. The molecule has 2 atom stereocenters. The molecule has 1 saturated heterocycles. The highest BCUT2D eigenvalue weighted by molar-refractivity contribution is 7.15. The van der Waals surface area contributed by atoms with Crippen LogP contribution in [0.1, 0.15) is 25.1 Å². The summed E-state index contributed by atoms with van der Waals surface area (Å²) >= 11 is 1.48. The molecule has 1 fully saturated rings. The van der Waals surface area contributed by atoms with Gasteiger partial charge < -0.3 is 10.1 Å². The SMILES string of the molecule is CC(=O)Nc1ncc(CN2C[C@H](Oc3ccc(F)cn3)C[C@H]2C)s1. The molecule has 0 bridgehead atoms. The summed E-state index contributed by atoms with van der Waals surface area (Å²) in [6, 6.07) is 3.26. The van der Waals surface area contributed by atoms with Crippen molar-refractivity contribution in [3.63, 3.8) is 0 Å². The second-order valence-electron chi connectivity index (χ2n) is 5.88. The van der Waals surface area contributed by atoms with Gasteiger partial charge in [0.05, 0.1) is 6.20 Å². The fourth-order valence-corrected chi connectivity index (χ4v) is 3.63. The molecule has 3 heterocycles. The summed E-state index contributed by atoms with van der Waals surface area (Å²) in [6.07, 6.45) is 3.86. The van der Waals surface area contributed by atoms with Crippen LogP contribution in [0.4, 0.5) is 9.52 Å². The average molecular weight is 350 g/mol. The second-order valence-corrected chi connectivity index (χ2v) is 7.00. The van der Waals surface area contributed by atoms with Crippen LogP contribution in [0.15, 0.2) is 24.5 Å². The van der Waals surface area contributed by atoms with Crippen molar-refractivity contribution in [2.24, 2.45) is 0 Å². The Hall–Kier alpha value is -2.06. The molecule has 3 rings (SSSR count). The Morgan fingerprint density at radius 3 is 3.00 bits per heavy atom. The van der Waals surface area contributed by atoms with Gasteiger partial charge in [-0.25, -0.2) is 14.4 Å². The van der Waals surface area contributed by atoms with Crippen LogP contribution in [-0.2, 0) is 11.3 Å². The van der Waals surface area contributed by atoms with E-state index in [4.69, 9.17) is 4.74 Å². The van der Waals surface area contributed by atoms with Gasteiger partial charge in [0.2, 0.25) is 11.8 Å². The van der Waals surface area contributed by atoms with Crippen molar-refractivity contribution in [3.05, 3.63) is 35.2 Å². The molecule has 2 aromatic heterocycles. The maximum atomic E-state index is 12.9. The molecule has 24 heavy (non-hydrogen) atoms. The van der Waals surface area contributed by atoms with Crippen LogP contribution >= 0.6 is 11.3 Å². The van der Waals surface area contributed by atoms with Crippen LogP contribution < -0.4 is 10.1 Å². The van der Waals surface area contributed by atoms with Crippen LogP contribution in [0.25, 0.3) is 0 Å². The molecule has 1 N–H and O–H groups in total. The number of amides is 1. The summed E-state index contributed by atoms with van der Waals surface area (Å²) in [6.45, 7) is 5.15. The number of ether oxygens (including phenoxy) is 1. The van der Waals surface area contributed by atoms with Gasteiger partial charge in [0, 0.05) is 49.6 Å². The number of likely N-dealkylation sites (tertiary alicyclic amines) is 1. The Balaban J connectivity index is 1.56. The van der Waals surface area contributed by atoms with Crippen molar-refractivity contribution in [2.75, 3.05) is 11.9 Å². The molecule has 0 radical (unpaired) electrons. The van der Waals surface area contributed by atoms with E-state index in [-0.39, 0.29) is 17.8 Å². The van der Waals surface area contributed by atoms with E-state index in [0.29, 0.717) is 17.1 Å². The van der Waals surface area contributed by atoms with Gasteiger partial charge in [-0.15, -0.1) is 11.3 Å². The third kappa shape index (κ3) is 4.27. The first-order valence-corrected chi connectivity index (χ1v) is 8.56. The van der Waals surface area contributed by atoms with E-state index in [1.807, 2.05) is 0 Å². The minimum atomic E-state index is -0.371. The van der Waals surface area contributed by atoms with Crippen molar-refractivity contribution in [1.29, 1.82) is 0 Å². The number of halogens is 1. The number of thiazole rings is 1. The molecule has 0 spiro atoms. The summed E-state index contributed by atoms with van der Waals surface area (Å²) in [5.41, 5.74) is 0. The van der Waals surface area contributed by atoms with E-state index < -0.39 is 0 Å². The van der Waals surface area contributed by atoms with Crippen molar-refractivity contribution in [1.82, 2.24) is 14.9 Å². The third-order valence-electron chi connectivity index (χ3n) is 3.85. The molecule has 1 aliphatic heterocycles. The van der Waals surface area contributed by atoms with E-state index in [9.17, 15) is 9.18 Å². The second kappa shape index (κ2) is 7.23. The van der Waals surface area contributed by atoms with Gasteiger partial charge in [-0.3, -0.25) is 9.69 Å². The monoisotopic (exact) mass is 350 g/mol. The van der Waals surface area contributed by atoms with Crippen molar-refractivity contribution in [3.8, 4) is 5.88 Å². The number of nitrogens with zero attached hydrogens (tertiary/aromatic N) is 3. The molecule has 1 amide bonds. The molecule has 1 aliphatic rings. The lowest BCUT2D eigenvalue weighted by Gasteiger charge is -2.19. The normalized spacial score (nSPS) is 21.0. The van der Waals surface area contributed by atoms with Gasteiger partial charge in [-0.2, -0.15) is 0 Å². The predicted molar refractivity (Wildman–Crippen MR) is 89.5 cm³/mol. The molecule has 0 saturated carbocycles. The maximum Gasteiger partial charge on any atom is 0.223 e. The third-order valence-corrected chi connectivity index (χ3v) is 4.75. The van der Waals surface area contributed by atoms with Crippen LogP contribution in [0.5, 0.6) is 5.88 Å². The summed E-state index contributed by atoms with van der Waals surface area (Å²) in [7, 11) is 0. The minimum Gasteiger partial charge on any atom is -0.473 e. The minimum absolute atomic E-state index is 0.0284. The molecule has 128 valence electrons. The highest BCUT2D eigenvalue weighted by Crippen LogP contribution is 2.26. The molecule has 0 unspecified atom stereocenters. The zero-order valence-electron chi connectivity index (χ0n) is 13.5. The number of hydrogen-bond donors (Lipinski definition) is 1. The largest absolute Gasteiger partial charge is 0.473 e. The first kappa shape index (κ1) is 16.8. The molecule has 0 aromatic carbocycles. The fraction of sp³-hybridized carbons (Fsp3) is 0.438. The number of hydrogen-bond acceptors (Lipinski definition) is 6. The van der Waals surface area contributed by atoms with Crippen molar-refractivity contribution < 1.29 is 13.9 Å². The van der Waals surface area contributed by atoms with Crippen LogP contribution in [0, 0.1) is 5.82 Å². The van der Waals surface area contributed by atoms with Gasteiger partial charge in [-0.1, -0.05) is 0 Å². The maximum absolute atomic E-state index is 12.9. The average Bonchev–Trinajstić information content (AvgIpc) is 3.08. The summed E-state index contributed by atoms with van der Waals surface area (Å²) in [5.74, 6) is -0.0455. The molecular weight excluding hydrogens is 331 g/mol. The predicted octanol–water partition coefficient (Wildman–Crippen LogP) is 2.68. The first-order valence-electron chi connectivity index (χ1n) is 7.74. The molecule has 6 nitrogen and oxygen atoms in total. The van der Waals surface area contributed by atoms with E-state index in [1.54, 1.807) is 12.3 Å². The zero-order valence-corrected chi connectivity index (χ0v) is 14.3. The lowest BCUT2D eigenvalue weighted by atomic mass is 10.2. The topological polar surface area (TPSA) is 67.4 Å². The number of carbonyl (C=O) groups excluding carboxylic acids is 1. The molecular formula is C16H19FN4O2S. The number of pyridine rings is 1. The standard InChI is InChI=1S/C16H19FN4O2S/c1-10-5-13(23-15-4-3-12(17)6-18-15)8-21(10)9-14-7-19-16(24-14)20-11(2)22/h3-4,6-7,10,13H,5,8-9H2,1-2H3,(H,19,20,22)/t10-,13-/m1/s1. The number of rotatable bonds is 5. The van der Waals surface area contributed by atoms with Crippen LogP contribution in [-0.4, -0.2) is 39.5 Å². The van der Waals surface area contributed by atoms with Gasteiger partial charge in [0.1, 0.15) is 11.9 Å². The van der Waals surface area contributed by atoms with Gasteiger partial charge >= 0.3 is 0 Å². The Kier molecular flexibility index (Phi) is 5.06. The Bertz CT molecular complexity index is 706.